The maximum Gasteiger partial charge on any atom is 0.255 e. The summed E-state index contributed by atoms with van der Waals surface area (Å²) in [5.74, 6) is 0.323. The number of halogens is 1. The first-order valence-electron chi connectivity index (χ1n) is 12.4. The van der Waals surface area contributed by atoms with E-state index in [1.54, 1.807) is 12.1 Å². The first-order chi connectivity index (χ1) is 19.2. The molecule has 1 heterocycles. The lowest BCUT2D eigenvalue weighted by Gasteiger charge is -2.12. The number of primary amides is 1. The quantitative estimate of drug-likeness (QED) is 0.193. The van der Waals surface area contributed by atoms with Crippen LogP contribution in [0.25, 0.3) is 0 Å². The molecule has 2 amide bonds. The molecule has 10 heteroatoms. The second-order valence-electron chi connectivity index (χ2n) is 8.92. The molecule has 1 aromatic heterocycles. The summed E-state index contributed by atoms with van der Waals surface area (Å²) < 4.78 is 0. The second kappa shape index (κ2) is 15.0. The number of aryl methyl sites for hydroxylation is 1. The van der Waals surface area contributed by atoms with Gasteiger partial charge in [-0.1, -0.05) is 60.1 Å². The van der Waals surface area contributed by atoms with Gasteiger partial charge >= 0.3 is 0 Å². The van der Waals surface area contributed by atoms with Crippen LogP contribution in [0.3, 0.4) is 0 Å². The van der Waals surface area contributed by atoms with Crippen LogP contribution in [-0.4, -0.2) is 47.3 Å². The average molecular weight is 558 g/mol. The highest BCUT2D eigenvalue weighted by atomic mass is 35.5. The minimum absolute atomic E-state index is 0.160. The number of carbonyl (C=O) groups excluding carboxylic acids is 2. The minimum atomic E-state index is -0.392. The van der Waals surface area contributed by atoms with Crippen molar-refractivity contribution >= 4 is 52.2 Å². The zero-order valence-electron chi connectivity index (χ0n) is 22.6. The zero-order chi connectivity index (χ0) is 28.9. The molecular formula is C30H32ClN7O2. The molecular weight excluding hydrogens is 526 g/mol. The first kappa shape index (κ1) is 29.8. The molecule has 0 aliphatic carbocycles. The summed E-state index contributed by atoms with van der Waals surface area (Å²) in [5, 5.41) is 9.67. The Labute approximate surface area is 239 Å². The van der Waals surface area contributed by atoms with Gasteiger partial charge in [0, 0.05) is 29.2 Å². The molecule has 9 nitrogen and oxygen atoms in total. The topological polar surface area (TPSA) is 125 Å². The van der Waals surface area contributed by atoms with Gasteiger partial charge in [0.05, 0.1) is 6.20 Å². The number of amides is 2. The van der Waals surface area contributed by atoms with Gasteiger partial charge in [0.2, 0.25) is 11.9 Å². The van der Waals surface area contributed by atoms with E-state index in [0.29, 0.717) is 28.0 Å². The Bertz CT molecular complexity index is 1460. The average Bonchev–Trinajstić information content (AvgIpc) is 2.91. The minimum Gasteiger partial charge on any atom is -0.366 e. The number of hydrogen-bond donors (Lipinski definition) is 4. The monoisotopic (exact) mass is 557 g/mol. The fourth-order valence-electron chi connectivity index (χ4n) is 3.38. The van der Waals surface area contributed by atoms with Crippen LogP contribution >= 0.6 is 11.6 Å². The van der Waals surface area contributed by atoms with Crippen LogP contribution in [0.2, 0.25) is 5.02 Å². The van der Waals surface area contributed by atoms with Gasteiger partial charge in [-0.15, -0.1) is 0 Å². The summed E-state index contributed by atoms with van der Waals surface area (Å²) >= 11 is 6.24. The van der Waals surface area contributed by atoms with Crippen molar-refractivity contribution < 1.29 is 9.59 Å². The maximum atomic E-state index is 12.6. The summed E-state index contributed by atoms with van der Waals surface area (Å²) in [6.07, 6.45) is 4.62. The number of carbonyl (C=O) groups is 2. The van der Waals surface area contributed by atoms with E-state index in [4.69, 9.17) is 17.3 Å². The second-order valence-corrected chi connectivity index (χ2v) is 9.33. The summed E-state index contributed by atoms with van der Waals surface area (Å²) in [4.78, 5) is 33.3. The molecule has 0 atom stereocenters. The van der Waals surface area contributed by atoms with Crippen LogP contribution in [0.4, 0.5) is 28.8 Å². The first-order valence-corrected chi connectivity index (χ1v) is 12.8. The van der Waals surface area contributed by atoms with E-state index in [0.717, 1.165) is 23.5 Å². The molecule has 4 rings (SSSR count). The van der Waals surface area contributed by atoms with E-state index < -0.39 is 5.91 Å². The fourth-order valence-corrected chi connectivity index (χ4v) is 3.52. The normalized spacial score (nSPS) is 10.5. The molecule has 0 unspecified atom stereocenters. The van der Waals surface area contributed by atoms with E-state index in [1.807, 2.05) is 98.7 Å². The van der Waals surface area contributed by atoms with Gasteiger partial charge in [0.15, 0.2) is 5.82 Å². The molecule has 4 aromatic rings. The third-order valence-corrected chi connectivity index (χ3v) is 5.58. The van der Waals surface area contributed by atoms with Gasteiger partial charge in [-0.3, -0.25) is 9.59 Å². The molecule has 0 aliphatic rings. The number of benzene rings is 3. The van der Waals surface area contributed by atoms with Crippen LogP contribution in [0.5, 0.6) is 0 Å². The summed E-state index contributed by atoms with van der Waals surface area (Å²) in [5.41, 5.74) is 8.65. The van der Waals surface area contributed by atoms with E-state index in [9.17, 15) is 9.59 Å². The van der Waals surface area contributed by atoms with Gasteiger partial charge in [0.1, 0.15) is 5.02 Å². The Morgan fingerprint density at radius 3 is 2.30 bits per heavy atom. The zero-order valence-corrected chi connectivity index (χ0v) is 23.3. The SMILES string of the molecule is CN(C)C/C=C/C(N)=O.Cc1ccccc1C(=O)Nc1cccc(Nc2ncc(Cl)c(Nc3ccccc3)n2)c1. The highest BCUT2D eigenvalue weighted by molar-refractivity contribution is 6.32. The molecule has 0 saturated carbocycles. The summed E-state index contributed by atoms with van der Waals surface area (Å²) in [6.45, 7) is 2.66. The van der Waals surface area contributed by atoms with Crippen molar-refractivity contribution in [2.75, 3.05) is 36.6 Å². The molecule has 40 heavy (non-hydrogen) atoms. The summed E-state index contributed by atoms with van der Waals surface area (Å²) in [7, 11) is 3.84. The number of para-hydroxylation sites is 1. The lowest BCUT2D eigenvalue weighted by atomic mass is 10.1. The van der Waals surface area contributed by atoms with E-state index in [-0.39, 0.29) is 5.91 Å². The lowest BCUT2D eigenvalue weighted by molar-refractivity contribution is -0.113. The number of likely N-dealkylation sites (N-methyl/N-ethyl adjacent to an activating group) is 1. The lowest BCUT2D eigenvalue weighted by Crippen LogP contribution is -2.13. The molecule has 3 aromatic carbocycles. The van der Waals surface area contributed by atoms with Crippen LogP contribution < -0.4 is 21.7 Å². The van der Waals surface area contributed by atoms with Crippen molar-refractivity contribution in [1.29, 1.82) is 0 Å². The van der Waals surface area contributed by atoms with Crippen molar-refractivity contribution in [3.05, 3.63) is 113 Å². The molecule has 0 bridgehead atoms. The number of nitrogens with two attached hydrogens (primary N) is 1. The highest BCUT2D eigenvalue weighted by Crippen LogP contribution is 2.25. The standard InChI is InChI=1S/C24H20ClN5O.C6H12N2O/c1-16-8-5-6-13-20(16)23(31)28-18-11-7-12-19(14-18)29-24-26-15-21(25)22(30-24)27-17-9-3-2-4-10-17;1-8(2)5-3-4-6(7)9/h2-15H,1H3,(H,28,31)(H2,26,27,29,30);3-4H,5H2,1-2H3,(H2,7,9)/b;4-3+. The third kappa shape index (κ3) is 9.86. The molecule has 0 aliphatic heterocycles. The number of nitrogens with zero attached hydrogens (tertiary/aromatic N) is 3. The smallest absolute Gasteiger partial charge is 0.255 e. The van der Waals surface area contributed by atoms with Crippen molar-refractivity contribution in [2.45, 2.75) is 6.92 Å². The Morgan fingerprint density at radius 2 is 1.60 bits per heavy atom. The maximum absolute atomic E-state index is 12.6. The Kier molecular flexibility index (Phi) is 11.2. The number of aromatic nitrogens is 2. The molecule has 0 fully saturated rings. The van der Waals surface area contributed by atoms with E-state index in [2.05, 4.69) is 25.9 Å². The Morgan fingerprint density at radius 1 is 0.925 bits per heavy atom. The number of hydrogen-bond acceptors (Lipinski definition) is 7. The van der Waals surface area contributed by atoms with Crippen molar-refractivity contribution in [3.8, 4) is 0 Å². The number of nitrogens with one attached hydrogen (secondary N) is 3. The van der Waals surface area contributed by atoms with Gasteiger partial charge in [0.25, 0.3) is 5.91 Å². The van der Waals surface area contributed by atoms with Gasteiger partial charge in [-0.05, 0) is 69.1 Å². The van der Waals surface area contributed by atoms with Crippen molar-refractivity contribution in [3.63, 3.8) is 0 Å². The van der Waals surface area contributed by atoms with Gasteiger partial charge in [-0.2, -0.15) is 4.98 Å². The van der Waals surface area contributed by atoms with Gasteiger partial charge < -0.3 is 26.6 Å². The van der Waals surface area contributed by atoms with E-state index >= 15 is 0 Å². The largest absolute Gasteiger partial charge is 0.366 e. The molecule has 5 N–H and O–H groups in total. The molecule has 0 spiro atoms. The molecule has 0 saturated heterocycles. The van der Waals surface area contributed by atoms with Crippen molar-refractivity contribution in [2.24, 2.45) is 5.73 Å². The predicted octanol–water partition coefficient (Wildman–Crippen LogP) is 5.77. The third-order valence-electron chi connectivity index (χ3n) is 5.30. The fraction of sp³-hybridized carbons (Fsp3) is 0.133. The van der Waals surface area contributed by atoms with Crippen LogP contribution in [0.1, 0.15) is 15.9 Å². The van der Waals surface area contributed by atoms with Crippen LogP contribution in [0, 0.1) is 6.92 Å². The van der Waals surface area contributed by atoms with Crippen LogP contribution in [0.15, 0.2) is 97.2 Å². The molecule has 0 radical (unpaired) electrons. The van der Waals surface area contributed by atoms with Crippen molar-refractivity contribution in [1.82, 2.24) is 14.9 Å². The number of anilines is 5. The Hall–Kier alpha value is -4.73. The van der Waals surface area contributed by atoms with Crippen LogP contribution in [-0.2, 0) is 4.79 Å². The number of rotatable bonds is 9. The van der Waals surface area contributed by atoms with Gasteiger partial charge in [-0.25, -0.2) is 4.98 Å². The highest BCUT2D eigenvalue weighted by Gasteiger charge is 2.10. The Balaban J connectivity index is 0.000000424. The predicted molar refractivity (Wildman–Crippen MR) is 163 cm³/mol. The summed E-state index contributed by atoms with van der Waals surface area (Å²) in [6, 6.07) is 24.4. The molecule has 206 valence electrons. The van der Waals surface area contributed by atoms with E-state index in [1.165, 1.54) is 12.3 Å².